The number of carbonyl (C=O) groups excluding carboxylic acids is 2. The summed E-state index contributed by atoms with van der Waals surface area (Å²) in [6.45, 7) is 8.66. The van der Waals surface area contributed by atoms with Crippen molar-refractivity contribution in [3.8, 4) is 5.75 Å². The van der Waals surface area contributed by atoms with E-state index in [0.29, 0.717) is 30.0 Å². The topological polar surface area (TPSA) is 83.0 Å². The molecule has 2 aromatic rings. The molecule has 1 saturated heterocycles. The summed E-state index contributed by atoms with van der Waals surface area (Å²) in [4.78, 5) is 33.9. The summed E-state index contributed by atoms with van der Waals surface area (Å²) in [5, 5.41) is 11.2. The van der Waals surface area contributed by atoms with Crippen LogP contribution in [0.3, 0.4) is 0 Å². The molecule has 1 aromatic heterocycles. The zero-order valence-electron chi connectivity index (χ0n) is 18.5. The Morgan fingerprint density at radius 2 is 1.97 bits per heavy atom. The minimum atomic E-state index is -0.689. The molecule has 1 aliphatic rings. The molecule has 7 nitrogen and oxygen atoms in total. The van der Waals surface area contributed by atoms with E-state index in [0.717, 1.165) is 18.7 Å². The van der Waals surface area contributed by atoms with Crippen molar-refractivity contribution in [2.75, 3.05) is 33.3 Å². The molecule has 1 fully saturated rings. The van der Waals surface area contributed by atoms with Crippen LogP contribution in [0.4, 0.5) is 0 Å². The first kappa shape index (κ1) is 22.5. The Kier molecular flexibility index (Phi) is 7.07. The molecule has 0 aliphatic carbocycles. The number of likely N-dealkylation sites (N-methyl/N-ethyl adjacent to an activating group) is 1. The average molecular weight is 424 g/mol. The number of carbonyl (C=O) groups is 2. The number of aliphatic hydroxyl groups excluding tert-OH is 1. The Hall–Kier alpha value is -3.19. The van der Waals surface area contributed by atoms with E-state index in [4.69, 9.17) is 4.74 Å². The van der Waals surface area contributed by atoms with E-state index in [1.54, 1.807) is 48.7 Å². The van der Waals surface area contributed by atoms with Crippen LogP contribution in [0.25, 0.3) is 5.76 Å². The quantitative estimate of drug-likeness (QED) is 0.399. The van der Waals surface area contributed by atoms with E-state index >= 15 is 0 Å². The van der Waals surface area contributed by atoms with Crippen LogP contribution in [0.5, 0.6) is 5.75 Å². The molecule has 0 bridgehead atoms. The van der Waals surface area contributed by atoms with Gasteiger partial charge in [-0.25, -0.2) is 0 Å². The van der Waals surface area contributed by atoms with Gasteiger partial charge in [0.2, 0.25) is 0 Å². The van der Waals surface area contributed by atoms with Crippen molar-refractivity contribution in [3.63, 3.8) is 0 Å². The average Bonchev–Trinajstić information content (AvgIpc) is 3.04. The first-order valence-electron chi connectivity index (χ1n) is 10.5. The number of Topliss-reactive ketones (excluding diaryl/α,β-unsaturated/α-hetero) is 1. The Morgan fingerprint density at radius 3 is 2.55 bits per heavy atom. The van der Waals surface area contributed by atoms with E-state index in [-0.39, 0.29) is 11.3 Å². The third kappa shape index (κ3) is 4.46. The van der Waals surface area contributed by atoms with Crippen molar-refractivity contribution in [1.82, 2.24) is 14.8 Å². The molecule has 0 unspecified atom stereocenters. The first-order chi connectivity index (χ1) is 14.9. The maximum absolute atomic E-state index is 13.1. The van der Waals surface area contributed by atoms with E-state index in [2.05, 4.69) is 23.7 Å². The number of ketones is 1. The van der Waals surface area contributed by atoms with Gasteiger partial charge in [-0.3, -0.25) is 14.6 Å². The second kappa shape index (κ2) is 9.75. The number of aryl methyl sites for hydroxylation is 1. The van der Waals surface area contributed by atoms with Crippen molar-refractivity contribution in [3.05, 3.63) is 65.0 Å². The number of pyridine rings is 1. The molecule has 3 rings (SSSR count). The van der Waals surface area contributed by atoms with Crippen LogP contribution < -0.4 is 4.74 Å². The Morgan fingerprint density at radius 1 is 1.23 bits per heavy atom. The molecule has 1 N–H and O–H groups in total. The third-order valence-corrected chi connectivity index (χ3v) is 5.78. The second-order valence-electron chi connectivity index (χ2n) is 7.49. The van der Waals surface area contributed by atoms with E-state index < -0.39 is 17.7 Å². The summed E-state index contributed by atoms with van der Waals surface area (Å²) in [7, 11) is 1.57. The number of benzene rings is 1. The second-order valence-corrected chi connectivity index (χ2v) is 7.49. The summed E-state index contributed by atoms with van der Waals surface area (Å²) in [5.74, 6) is -0.815. The van der Waals surface area contributed by atoms with Crippen LogP contribution in [-0.2, 0) is 9.59 Å². The van der Waals surface area contributed by atoms with Gasteiger partial charge in [0.1, 0.15) is 11.5 Å². The van der Waals surface area contributed by atoms with Crippen molar-refractivity contribution in [2.45, 2.75) is 26.8 Å². The fraction of sp³-hybridized carbons (Fsp3) is 0.375. The number of aromatic nitrogens is 1. The van der Waals surface area contributed by atoms with Crippen molar-refractivity contribution in [1.29, 1.82) is 0 Å². The molecule has 0 saturated carbocycles. The molecule has 2 heterocycles. The zero-order chi connectivity index (χ0) is 22.5. The van der Waals surface area contributed by atoms with Gasteiger partial charge in [0.05, 0.1) is 18.7 Å². The van der Waals surface area contributed by atoms with Gasteiger partial charge in [-0.2, -0.15) is 0 Å². The van der Waals surface area contributed by atoms with Crippen LogP contribution in [-0.4, -0.2) is 64.9 Å². The Balaban J connectivity index is 2.10. The number of hydrogen-bond donors (Lipinski definition) is 1. The molecule has 164 valence electrons. The fourth-order valence-electron chi connectivity index (χ4n) is 3.96. The number of likely N-dealkylation sites (tertiary alicyclic amines) is 1. The normalized spacial score (nSPS) is 18.1. The molecule has 31 heavy (non-hydrogen) atoms. The molecule has 0 spiro atoms. The number of methoxy groups -OCH3 is 1. The summed E-state index contributed by atoms with van der Waals surface area (Å²) in [6.07, 6.45) is 3.27. The highest BCUT2D eigenvalue weighted by Gasteiger charge is 2.46. The van der Waals surface area contributed by atoms with Gasteiger partial charge in [0.15, 0.2) is 0 Å². The lowest BCUT2D eigenvalue weighted by molar-refractivity contribution is -0.140. The molecule has 1 atom stereocenters. The van der Waals surface area contributed by atoms with E-state index in [1.165, 1.54) is 0 Å². The lowest BCUT2D eigenvalue weighted by Crippen LogP contribution is -2.38. The van der Waals surface area contributed by atoms with Crippen LogP contribution in [0, 0.1) is 6.92 Å². The summed E-state index contributed by atoms with van der Waals surface area (Å²) >= 11 is 0. The fourth-order valence-corrected chi connectivity index (χ4v) is 3.96. The molecular formula is C24H29N3O4. The number of amides is 1. The van der Waals surface area contributed by atoms with Gasteiger partial charge in [0, 0.05) is 31.0 Å². The molecular weight excluding hydrogens is 394 g/mol. The van der Waals surface area contributed by atoms with Crippen molar-refractivity contribution >= 4 is 17.4 Å². The minimum Gasteiger partial charge on any atom is -0.507 e. The Bertz CT molecular complexity index is 984. The SMILES string of the molecule is CCN(CC)CCN1C(=O)C(=O)C(=C(O)c2ccc(OC)cc2C)[C@H]1c1cccnc1. The van der Waals surface area contributed by atoms with Gasteiger partial charge in [-0.05, 0) is 55.4 Å². The lowest BCUT2D eigenvalue weighted by atomic mass is 9.94. The number of nitrogens with zero attached hydrogens (tertiary/aromatic N) is 3. The summed E-state index contributed by atoms with van der Waals surface area (Å²) in [6, 6.07) is 8.10. The zero-order valence-corrected chi connectivity index (χ0v) is 18.5. The minimum absolute atomic E-state index is 0.0887. The molecule has 1 aromatic carbocycles. The van der Waals surface area contributed by atoms with Crippen LogP contribution in [0.15, 0.2) is 48.3 Å². The molecule has 1 aliphatic heterocycles. The van der Waals surface area contributed by atoms with Crippen LogP contribution in [0.2, 0.25) is 0 Å². The summed E-state index contributed by atoms with van der Waals surface area (Å²) < 4.78 is 5.24. The highest BCUT2D eigenvalue weighted by atomic mass is 16.5. The highest BCUT2D eigenvalue weighted by Crippen LogP contribution is 2.39. The monoisotopic (exact) mass is 423 g/mol. The largest absolute Gasteiger partial charge is 0.507 e. The number of ether oxygens (including phenoxy) is 1. The highest BCUT2D eigenvalue weighted by molar-refractivity contribution is 6.46. The molecule has 0 radical (unpaired) electrons. The predicted molar refractivity (Wildman–Crippen MR) is 119 cm³/mol. The summed E-state index contributed by atoms with van der Waals surface area (Å²) in [5.41, 5.74) is 2.02. The number of aliphatic hydroxyl groups is 1. The van der Waals surface area contributed by atoms with E-state index in [1.807, 2.05) is 13.0 Å². The van der Waals surface area contributed by atoms with Crippen molar-refractivity contribution < 1.29 is 19.4 Å². The van der Waals surface area contributed by atoms with Gasteiger partial charge in [-0.1, -0.05) is 19.9 Å². The van der Waals surface area contributed by atoms with Crippen LogP contribution >= 0.6 is 0 Å². The van der Waals surface area contributed by atoms with Crippen molar-refractivity contribution in [2.24, 2.45) is 0 Å². The maximum Gasteiger partial charge on any atom is 0.295 e. The van der Waals surface area contributed by atoms with Gasteiger partial charge < -0.3 is 19.6 Å². The number of hydrogen-bond acceptors (Lipinski definition) is 6. The standard InChI is InChI=1S/C24H29N3O4/c1-5-26(6-2)12-13-27-21(17-8-7-11-25-15-17)20(23(29)24(27)30)22(28)19-10-9-18(31-4)14-16(19)3/h7-11,14-15,21,28H,5-6,12-13H2,1-4H3/t21-/m1/s1. The predicted octanol–water partition coefficient (Wildman–Crippen LogP) is 3.16. The third-order valence-electron chi connectivity index (χ3n) is 5.78. The Labute approximate surface area is 183 Å². The van der Waals surface area contributed by atoms with Gasteiger partial charge >= 0.3 is 0 Å². The van der Waals surface area contributed by atoms with Gasteiger partial charge in [0.25, 0.3) is 11.7 Å². The molecule has 1 amide bonds. The lowest BCUT2D eigenvalue weighted by Gasteiger charge is -2.28. The first-order valence-corrected chi connectivity index (χ1v) is 10.5. The smallest absolute Gasteiger partial charge is 0.295 e. The maximum atomic E-state index is 13.1. The van der Waals surface area contributed by atoms with Gasteiger partial charge in [-0.15, -0.1) is 0 Å². The number of rotatable bonds is 8. The molecule has 7 heteroatoms. The van der Waals surface area contributed by atoms with E-state index in [9.17, 15) is 14.7 Å². The van der Waals surface area contributed by atoms with Crippen LogP contribution in [0.1, 0.15) is 36.6 Å².